The minimum absolute atomic E-state index is 0.0193. The molecule has 7 aromatic rings. The van der Waals surface area contributed by atoms with E-state index in [1.807, 2.05) is 80.5 Å². The molecular formula is C64H77F7I2N6O6. The van der Waals surface area contributed by atoms with Gasteiger partial charge in [0.1, 0.15) is 40.7 Å². The Morgan fingerprint density at radius 2 is 0.718 bits per heavy atom. The van der Waals surface area contributed by atoms with E-state index in [1.54, 1.807) is 42.5 Å². The van der Waals surface area contributed by atoms with E-state index < -0.39 is 35.7 Å². The number of amides is 3. The second-order valence-electron chi connectivity index (χ2n) is 22.3. The molecule has 7 rings (SSSR count). The Bertz CT molecular complexity index is 3150. The molecule has 0 saturated heterocycles. The van der Waals surface area contributed by atoms with Crippen molar-refractivity contribution < 1.29 is 59.3 Å². The molecule has 0 bridgehead atoms. The lowest BCUT2D eigenvalue weighted by Gasteiger charge is -2.19. The van der Waals surface area contributed by atoms with Crippen LogP contribution in [0.15, 0.2) is 140 Å². The third-order valence-electron chi connectivity index (χ3n) is 11.3. The Balaban J connectivity index is 0.000000499. The predicted molar refractivity (Wildman–Crippen MR) is 346 cm³/mol. The van der Waals surface area contributed by atoms with Crippen LogP contribution >= 0.6 is 45.2 Å². The first-order chi connectivity index (χ1) is 39.2. The third kappa shape index (κ3) is 28.9. The number of nitrogen functional groups attached to an aromatic ring is 3. The van der Waals surface area contributed by atoms with Crippen LogP contribution in [0.25, 0.3) is 0 Å². The van der Waals surface area contributed by atoms with Crippen LogP contribution < -0.4 is 33.2 Å². The van der Waals surface area contributed by atoms with E-state index >= 15 is 0 Å². The fraction of sp³-hybridized carbons (Fsp3) is 0.297. The maximum Gasteiger partial charge on any atom is 0.411 e. The zero-order valence-corrected chi connectivity index (χ0v) is 54.7. The van der Waals surface area contributed by atoms with Gasteiger partial charge in [-0.1, -0.05) is 132 Å². The van der Waals surface area contributed by atoms with E-state index in [2.05, 4.69) is 96.1 Å². The van der Waals surface area contributed by atoms with Crippen molar-refractivity contribution >= 4 is 97.6 Å². The second kappa shape index (κ2) is 35.2. The van der Waals surface area contributed by atoms with Crippen LogP contribution in [0.4, 0.5) is 79.2 Å². The van der Waals surface area contributed by atoms with Crippen molar-refractivity contribution in [3.05, 3.63) is 210 Å². The zero-order valence-electron chi connectivity index (χ0n) is 50.4. The summed E-state index contributed by atoms with van der Waals surface area (Å²) in [5, 5.41) is 6.75. The first-order valence-corrected chi connectivity index (χ1v) is 28.0. The number of methoxy groups -OCH3 is 3. The Hall–Kier alpha value is -7.28. The molecule has 3 amide bonds. The first kappa shape index (κ1) is 75.7. The molecule has 21 heteroatoms. The summed E-state index contributed by atoms with van der Waals surface area (Å²) in [6, 6.07) is 36.2. The Morgan fingerprint density at radius 1 is 0.376 bits per heavy atom. The van der Waals surface area contributed by atoms with Gasteiger partial charge in [0.25, 0.3) is 0 Å². The fourth-order valence-electron chi connectivity index (χ4n) is 6.16. The Labute approximate surface area is 522 Å². The lowest BCUT2D eigenvalue weighted by molar-refractivity contribution is 0.186. The van der Waals surface area contributed by atoms with Crippen molar-refractivity contribution in [1.82, 2.24) is 0 Å². The summed E-state index contributed by atoms with van der Waals surface area (Å²) < 4.78 is 105. The molecule has 12 nitrogen and oxygen atoms in total. The number of anilines is 6. The molecule has 0 aliphatic carbocycles. The third-order valence-corrected chi connectivity index (χ3v) is 12.8. The maximum atomic E-state index is 13.6. The van der Waals surface area contributed by atoms with Crippen molar-refractivity contribution in [1.29, 1.82) is 0 Å². The van der Waals surface area contributed by atoms with Crippen LogP contribution in [0.2, 0.25) is 0 Å². The molecule has 462 valence electrons. The molecule has 0 aliphatic heterocycles. The monoisotopic (exact) mass is 1410 g/mol. The minimum Gasteiger partial charge on any atom is -0.453 e. The van der Waals surface area contributed by atoms with E-state index in [0.29, 0.717) is 0 Å². The number of carbonyl (C=O) groups excluding carboxylic acids is 3. The summed E-state index contributed by atoms with van der Waals surface area (Å²) in [6.45, 7) is 24.5. The second-order valence-corrected chi connectivity index (χ2v) is 24.7. The summed E-state index contributed by atoms with van der Waals surface area (Å²) in [6.07, 6.45) is -2.04. The van der Waals surface area contributed by atoms with Gasteiger partial charge in [-0.15, -0.1) is 0 Å². The van der Waals surface area contributed by atoms with Crippen LogP contribution in [-0.2, 0) is 35.9 Å². The number of hydrogen-bond donors (Lipinski definition) is 6. The normalized spacial score (nSPS) is 10.6. The maximum absolute atomic E-state index is 13.6. The van der Waals surface area contributed by atoms with Gasteiger partial charge in [0.05, 0.1) is 55.5 Å². The molecule has 0 fully saturated rings. The molecule has 0 atom stereocenters. The van der Waals surface area contributed by atoms with Gasteiger partial charge < -0.3 is 31.4 Å². The van der Waals surface area contributed by atoms with Gasteiger partial charge in [0.15, 0.2) is 0 Å². The highest BCUT2D eigenvalue weighted by Crippen LogP contribution is 2.30. The number of para-hydroxylation sites is 3. The number of ether oxygens (including phenoxy) is 3. The van der Waals surface area contributed by atoms with E-state index in [9.17, 15) is 45.1 Å². The van der Waals surface area contributed by atoms with E-state index in [0.717, 1.165) is 29.4 Å². The van der Waals surface area contributed by atoms with Gasteiger partial charge in [-0.2, -0.15) is 0 Å². The molecule has 85 heavy (non-hydrogen) atoms. The van der Waals surface area contributed by atoms with Crippen molar-refractivity contribution in [3.63, 3.8) is 0 Å². The van der Waals surface area contributed by atoms with E-state index in [4.69, 9.17) is 17.2 Å². The molecule has 0 spiro atoms. The average Bonchev–Trinajstić information content (AvgIpc) is 3.59. The molecule has 0 aromatic heterocycles. The van der Waals surface area contributed by atoms with Gasteiger partial charge >= 0.3 is 18.3 Å². The van der Waals surface area contributed by atoms with Crippen molar-refractivity contribution in [2.75, 3.05) is 54.5 Å². The SMILES string of the molecule is CC(C)(C)c1cc(F)c(N)c(I)c1.CC(C)(C)c1cc(F)cc(I)c1.CC(C)(C)c1ccc(N)c(F)c1.COC(=O)Nc1ccc(C(C)(C)C)cc1F.COC(=O)Nc1ccccc1F.COC(=O)Nc1ccccc1F.Nc1ccccc1F. The summed E-state index contributed by atoms with van der Waals surface area (Å²) >= 11 is 4.18. The molecule has 7 aromatic carbocycles. The molecule has 0 radical (unpaired) electrons. The number of halogens is 9. The number of rotatable bonds is 3. The summed E-state index contributed by atoms with van der Waals surface area (Å²) in [5.74, 6) is -2.58. The number of nitrogens with two attached hydrogens (primary N) is 3. The minimum atomic E-state index is -0.680. The first-order valence-electron chi connectivity index (χ1n) is 25.9. The zero-order chi connectivity index (χ0) is 65.2. The topological polar surface area (TPSA) is 193 Å². The van der Waals surface area contributed by atoms with E-state index in [1.165, 1.54) is 100 Å². The molecular weight excluding hydrogens is 1340 g/mol. The lowest BCUT2D eigenvalue weighted by atomic mass is 9.87. The summed E-state index contributed by atoms with van der Waals surface area (Å²) in [4.78, 5) is 32.2. The van der Waals surface area contributed by atoms with Gasteiger partial charge in [-0.25, -0.2) is 45.1 Å². The Morgan fingerprint density at radius 3 is 1.05 bits per heavy atom. The van der Waals surface area contributed by atoms with Crippen molar-refractivity contribution in [2.24, 2.45) is 0 Å². The van der Waals surface area contributed by atoms with Gasteiger partial charge in [0.2, 0.25) is 0 Å². The van der Waals surface area contributed by atoms with Crippen LogP contribution in [-0.4, -0.2) is 39.6 Å². The number of benzene rings is 7. The van der Waals surface area contributed by atoms with Crippen LogP contribution in [0.1, 0.15) is 105 Å². The standard InChI is InChI=1S/C12H16FNO2.C10H13FIN.C10H12FI.C10H14FN.2C8H8FNO2.C6H6FN/c1-12(2,3)8-5-6-10(9(13)7-8)14-11(15)16-4;1-10(2,3)6-4-7(11)9(13)8(12)5-6;1-10(2,3)7-4-8(11)6-9(12)5-7;1-10(2,3)7-4-5-9(12)8(11)6-7;2*1-12-8(11)10-7-5-3-2-4-6(7)9;7-5-3-1-2-4-6(5)8/h5-7H,1-4H3,(H,14,15);4-5H,13H2,1-3H3;4-6H,1-3H3;4-6H,12H2,1-3H3;2*2-5H,1H3,(H,10,11);1-4H,8H2. The number of nitrogens with one attached hydrogen (secondary N) is 3. The van der Waals surface area contributed by atoms with Crippen molar-refractivity contribution in [3.8, 4) is 0 Å². The van der Waals surface area contributed by atoms with Gasteiger partial charge in [-0.3, -0.25) is 16.0 Å². The highest BCUT2D eigenvalue weighted by atomic mass is 127. The van der Waals surface area contributed by atoms with Gasteiger partial charge in [0, 0.05) is 7.14 Å². The van der Waals surface area contributed by atoms with Crippen molar-refractivity contribution in [2.45, 2.75) is 105 Å². The average molecular weight is 1410 g/mol. The smallest absolute Gasteiger partial charge is 0.411 e. The molecule has 0 unspecified atom stereocenters. The van der Waals surface area contributed by atoms with Crippen LogP contribution in [0.3, 0.4) is 0 Å². The highest BCUT2D eigenvalue weighted by Gasteiger charge is 2.19. The Kier molecular flexibility index (Phi) is 31.4. The number of hydrogen-bond acceptors (Lipinski definition) is 9. The molecule has 0 heterocycles. The number of carbonyl (C=O) groups is 3. The molecule has 0 aliphatic rings. The highest BCUT2D eigenvalue weighted by molar-refractivity contribution is 14.1. The largest absolute Gasteiger partial charge is 0.453 e. The molecule has 0 saturated carbocycles. The summed E-state index contributed by atoms with van der Waals surface area (Å²) in [7, 11) is 3.67. The van der Waals surface area contributed by atoms with Crippen LogP contribution in [0.5, 0.6) is 0 Å². The predicted octanol–water partition coefficient (Wildman–Crippen LogP) is 18.5. The van der Waals surface area contributed by atoms with Crippen LogP contribution in [0, 0.1) is 47.9 Å². The quantitative estimate of drug-likeness (QED) is 0.0432. The summed E-state index contributed by atoms with van der Waals surface area (Å²) in [5.41, 5.74) is 20.7. The van der Waals surface area contributed by atoms with Gasteiger partial charge in [-0.05, 0) is 180 Å². The fourth-order valence-corrected chi connectivity index (χ4v) is 7.39. The van der Waals surface area contributed by atoms with E-state index in [-0.39, 0.29) is 79.1 Å². The lowest BCUT2D eigenvalue weighted by Crippen LogP contribution is -2.14. The molecule has 9 N–H and O–H groups in total.